The first-order valence-corrected chi connectivity index (χ1v) is 6.51. The summed E-state index contributed by atoms with van der Waals surface area (Å²) in [5.74, 6) is 0.758. The lowest BCUT2D eigenvalue weighted by Gasteiger charge is -2.24. The summed E-state index contributed by atoms with van der Waals surface area (Å²) in [6.07, 6.45) is 2.29. The average Bonchev–Trinajstić information content (AvgIpc) is 2.24. The Balaban J connectivity index is 3.03. The van der Waals surface area contributed by atoms with Crippen molar-refractivity contribution < 1.29 is 0 Å². The van der Waals surface area contributed by atoms with E-state index in [2.05, 4.69) is 13.8 Å². The number of hydrogen-bond acceptors (Lipinski definition) is 1. The lowest BCUT2D eigenvalue weighted by molar-refractivity contribution is 0.430. The molecule has 1 aromatic carbocycles. The van der Waals surface area contributed by atoms with Crippen LogP contribution in [0.3, 0.4) is 0 Å². The summed E-state index contributed by atoms with van der Waals surface area (Å²) in [7, 11) is 0. The molecule has 16 heavy (non-hydrogen) atoms. The molecule has 0 saturated carbocycles. The van der Waals surface area contributed by atoms with Crippen LogP contribution in [0.2, 0.25) is 10.0 Å². The van der Waals surface area contributed by atoms with Gasteiger partial charge in [0.25, 0.3) is 0 Å². The molecule has 0 heterocycles. The van der Waals surface area contributed by atoms with Crippen molar-refractivity contribution in [1.82, 2.24) is 0 Å². The van der Waals surface area contributed by atoms with Crippen molar-refractivity contribution in [3.8, 4) is 0 Å². The molecule has 0 fully saturated rings. The van der Waals surface area contributed by atoms with Gasteiger partial charge in [0.1, 0.15) is 0 Å². The molecule has 0 aromatic heterocycles. The molecule has 1 nitrogen and oxygen atoms in total. The SMILES string of the molecule is CCCC(C)C(CN)c1c(Cl)cccc1Cl. The van der Waals surface area contributed by atoms with Crippen LogP contribution in [0.4, 0.5) is 0 Å². The first kappa shape index (κ1) is 13.8. The third-order valence-electron chi connectivity index (χ3n) is 3.06. The van der Waals surface area contributed by atoms with Gasteiger partial charge in [-0.2, -0.15) is 0 Å². The molecule has 1 rings (SSSR count). The Kier molecular flexibility index (Phi) is 5.60. The van der Waals surface area contributed by atoms with Crippen molar-refractivity contribution in [2.24, 2.45) is 11.7 Å². The summed E-state index contributed by atoms with van der Waals surface area (Å²) in [6.45, 7) is 4.98. The van der Waals surface area contributed by atoms with Crippen LogP contribution in [0.1, 0.15) is 38.2 Å². The minimum atomic E-state index is 0.251. The van der Waals surface area contributed by atoms with E-state index in [0.717, 1.165) is 28.5 Å². The van der Waals surface area contributed by atoms with Crippen molar-refractivity contribution in [3.05, 3.63) is 33.8 Å². The van der Waals surface area contributed by atoms with Crippen LogP contribution in [0.25, 0.3) is 0 Å². The molecular weight excluding hydrogens is 241 g/mol. The van der Waals surface area contributed by atoms with E-state index in [9.17, 15) is 0 Å². The Morgan fingerprint density at radius 1 is 1.25 bits per heavy atom. The van der Waals surface area contributed by atoms with Gasteiger partial charge in [-0.1, -0.05) is 56.0 Å². The van der Waals surface area contributed by atoms with E-state index in [1.807, 2.05) is 18.2 Å². The molecule has 0 spiro atoms. The van der Waals surface area contributed by atoms with Gasteiger partial charge in [-0.15, -0.1) is 0 Å². The Morgan fingerprint density at radius 3 is 2.25 bits per heavy atom. The van der Waals surface area contributed by atoms with Gasteiger partial charge < -0.3 is 5.73 Å². The van der Waals surface area contributed by atoms with Gasteiger partial charge in [0.15, 0.2) is 0 Å². The van der Waals surface area contributed by atoms with E-state index in [1.54, 1.807) is 0 Å². The zero-order valence-electron chi connectivity index (χ0n) is 9.84. The maximum atomic E-state index is 6.21. The van der Waals surface area contributed by atoms with Crippen molar-refractivity contribution >= 4 is 23.2 Å². The van der Waals surface area contributed by atoms with Crippen LogP contribution in [-0.4, -0.2) is 6.54 Å². The summed E-state index contributed by atoms with van der Waals surface area (Å²) in [5, 5.41) is 1.46. The van der Waals surface area contributed by atoms with Gasteiger partial charge in [0.05, 0.1) is 0 Å². The molecule has 0 amide bonds. The molecule has 0 aliphatic rings. The Hall–Kier alpha value is -0.240. The largest absolute Gasteiger partial charge is 0.330 e. The van der Waals surface area contributed by atoms with Crippen molar-refractivity contribution in [1.29, 1.82) is 0 Å². The fourth-order valence-electron chi connectivity index (χ4n) is 2.16. The molecule has 2 N–H and O–H groups in total. The number of rotatable bonds is 5. The van der Waals surface area contributed by atoms with Crippen molar-refractivity contribution in [2.45, 2.75) is 32.6 Å². The monoisotopic (exact) mass is 259 g/mol. The van der Waals surface area contributed by atoms with E-state index in [-0.39, 0.29) is 5.92 Å². The van der Waals surface area contributed by atoms with Gasteiger partial charge in [-0.05, 0) is 30.2 Å². The second-order valence-electron chi connectivity index (χ2n) is 4.24. The highest BCUT2D eigenvalue weighted by atomic mass is 35.5. The maximum Gasteiger partial charge on any atom is 0.0456 e. The topological polar surface area (TPSA) is 26.0 Å². The molecule has 0 aliphatic heterocycles. The summed E-state index contributed by atoms with van der Waals surface area (Å²) < 4.78 is 0. The van der Waals surface area contributed by atoms with Crippen LogP contribution < -0.4 is 5.73 Å². The van der Waals surface area contributed by atoms with Crippen LogP contribution >= 0.6 is 23.2 Å². The Morgan fingerprint density at radius 2 is 1.81 bits per heavy atom. The van der Waals surface area contributed by atoms with E-state index in [1.165, 1.54) is 0 Å². The fourth-order valence-corrected chi connectivity index (χ4v) is 2.83. The molecule has 0 aliphatic carbocycles. The van der Waals surface area contributed by atoms with Crippen molar-refractivity contribution in [2.75, 3.05) is 6.54 Å². The molecule has 0 radical (unpaired) electrons. The third-order valence-corrected chi connectivity index (χ3v) is 3.71. The van der Waals surface area contributed by atoms with Gasteiger partial charge in [0, 0.05) is 16.0 Å². The zero-order valence-corrected chi connectivity index (χ0v) is 11.4. The second-order valence-corrected chi connectivity index (χ2v) is 5.06. The summed E-state index contributed by atoms with van der Waals surface area (Å²) in [6, 6.07) is 5.63. The minimum absolute atomic E-state index is 0.251. The maximum absolute atomic E-state index is 6.21. The van der Waals surface area contributed by atoms with Gasteiger partial charge >= 0.3 is 0 Å². The van der Waals surface area contributed by atoms with E-state index >= 15 is 0 Å². The predicted octanol–water partition coefficient (Wildman–Crippen LogP) is 4.47. The van der Waals surface area contributed by atoms with E-state index < -0.39 is 0 Å². The fraction of sp³-hybridized carbons (Fsp3) is 0.538. The van der Waals surface area contributed by atoms with Gasteiger partial charge in [0.2, 0.25) is 0 Å². The van der Waals surface area contributed by atoms with Crippen LogP contribution in [-0.2, 0) is 0 Å². The van der Waals surface area contributed by atoms with Crippen molar-refractivity contribution in [3.63, 3.8) is 0 Å². The lowest BCUT2D eigenvalue weighted by atomic mass is 9.84. The molecule has 1 aromatic rings. The average molecular weight is 260 g/mol. The number of halogens is 2. The minimum Gasteiger partial charge on any atom is -0.330 e. The van der Waals surface area contributed by atoms with Gasteiger partial charge in [-0.25, -0.2) is 0 Å². The van der Waals surface area contributed by atoms with Gasteiger partial charge in [-0.3, -0.25) is 0 Å². The Labute approximate surface area is 108 Å². The van der Waals surface area contributed by atoms with Crippen LogP contribution in [0, 0.1) is 5.92 Å². The molecular formula is C13H19Cl2N. The number of hydrogen-bond donors (Lipinski definition) is 1. The van der Waals surface area contributed by atoms with Crippen LogP contribution in [0.5, 0.6) is 0 Å². The summed E-state index contributed by atoms with van der Waals surface area (Å²) >= 11 is 12.4. The second kappa shape index (κ2) is 6.48. The van der Waals surface area contributed by atoms with E-state index in [4.69, 9.17) is 28.9 Å². The number of nitrogens with two attached hydrogens (primary N) is 1. The Bertz CT molecular complexity index is 318. The molecule has 2 atom stereocenters. The zero-order chi connectivity index (χ0) is 12.1. The molecule has 3 heteroatoms. The predicted molar refractivity (Wildman–Crippen MR) is 72.3 cm³/mol. The highest BCUT2D eigenvalue weighted by Gasteiger charge is 2.21. The molecule has 90 valence electrons. The molecule has 2 unspecified atom stereocenters. The quantitative estimate of drug-likeness (QED) is 0.830. The standard InChI is InChI=1S/C13H19Cl2N/c1-3-5-9(2)10(8-16)13-11(14)6-4-7-12(13)15/h4,6-7,9-10H,3,5,8,16H2,1-2H3. The first-order valence-electron chi connectivity index (χ1n) is 5.75. The highest BCUT2D eigenvalue weighted by molar-refractivity contribution is 6.36. The molecule has 0 saturated heterocycles. The lowest BCUT2D eigenvalue weighted by Crippen LogP contribution is -2.20. The summed E-state index contributed by atoms with van der Waals surface area (Å²) in [5.41, 5.74) is 6.87. The summed E-state index contributed by atoms with van der Waals surface area (Å²) in [4.78, 5) is 0. The van der Waals surface area contributed by atoms with E-state index in [0.29, 0.717) is 12.5 Å². The normalized spacial score (nSPS) is 14.8. The third kappa shape index (κ3) is 3.13. The molecule has 0 bridgehead atoms. The highest BCUT2D eigenvalue weighted by Crippen LogP contribution is 2.36. The van der Waals surface area contributed by atoms with Crippen LogP contribution in [0.15, 0.2) is 18.2 Å². The first-order chi connectivity index (χ1) is 7.61. The smallest absolute Gasteiger partial charge is 0.0456 e. The number of benzene rings is 1.